The van der Waals surface area contributed by atoms with E-state index in [0.29, 0.717) is 5.75 Å². The SMILES string of the molecule is NC1(c2cccc(O)c2)CCCCC1. The summed E-state index contributed by atoms with van der Waals surface area (Å²) in [7, 11) is 0. The second-order valence-electron chi connectivity index (χ2n) is 4.27. The average molecular weight is 191 g/mol. The molecule has 2 nitrogen and oxygen atoms in total. The van der Waals surface area contributed by atoms with Crippen molar-refractivity contribution in [2.24, 2.45) is 5.73 Å². The van der Waals surface area contributed by atoms with Crippen molar-refractivity contribution in [3.8, 4) is 5.75 Å². The molecule has 0 radical (unpaired) electrons. The fraction of sp³-hybridized carbons (Fsp3) is 0.500. The number of rotatable bonds is 1. The third-order valence-corrected chi connectivity index (χ3v) is 3.17. The zero-order valence-corrected chi connectivity index (χ0v) is 8.37. The minimum absolute atomic E-state index is 0.197. The molecule has 0 atom stereocenters. The Hall–Kier alpha value is -1.02. The van der Waals surface area contributed by atoms with Gasteiger partial charge >= 0.3 is 0 Å². The summed E-state index contributed by atoms with van der Waals surface area (Å²) in [5.74, 6) is 0.317. The van der Waals surface area contributed by atoms with Gasteiger partial charge in [-0.3, -0.25) is 0 Å². The lowest BCUT2D eigenvalue weighted by molar-refractivity contribution is 0.301. The van der Waals surface area contributed by atoms with Gasteiger partial charge in [0.05, 0.1) is 0 Å². The maximum Gasteiger partial charge on any atom is 0.115 e. The highest BCUT2D eigenvalue weighted by molar-refractivity contribution is 5.32. The van der Waals surface area contributed by atoms with Crippen molar-refractivity contribution < 1.29 is 5.11 Å². The van der Waals surface area contributed by atoms with Gasteiger partial charge in [-0.05, 0) is 30.5 Å². The Morgan fingerprint density at radius 2 is 1.86 bits per heavy atom. The molecule has 1 aromatic carbocycles. The quantitative estimate of drug-likeness (QED) is 0.716. The van der Waals surface area contributed by atoms with Crippen LogP contribution < -0.4 is 5.73 Å². The van der Waals surface area contributed by atoms with Crippen molar-refractivity contribution in [3.63, 3.8) is 0 Å². The summed E-state index contributed by atoms with van der Waals surface area (Å²) in [5.41, 5.74) is 7.22. The summed E-state index contributed by atoms with van der Waals surface area (Å²) >= 11 is 0. The Morgan fingerprint density at radius 3 is 2.50 bits per heavy atom. The van der Waals surface area contributed by atoms with Crippen molar-refractivity contribution in [1.29, 1.82) is 0 Å². The van der Waals surface area contributed by atoms with Crippen LogP contribution in [0.2, 0.25) is 0 Å². The molecular formula is C12H17NO. The minimum Gasteiger partial charge on any atom is -0.508 e. The van der Waals surface area contributed by atoms with E-state index < -0.39 is 0 Å². The van der Waals surface area contributed by atoms with Crippen molar-refractivity contribution in [2.45, 2.75) is 37.6 Å². The van der Waals surface area contributed by atoms with Crippen LogP contribution in [0.1, 0.15) is 37.7 Å². The van der Waals surface area contributed by atoms with E-state index >= 15 is 0 Å². The van der Waals surface area contributed by atoms with Gasteiger partial charge in [0.15, 0.2) is 0 Å². The number of aromatic hydroxyl groups is 1. The molecule has 2 rings (SSSR count). The lowest BCUT2D eigenvalue weighted by Gasteiger charge is -2.33. The molecular weight excluding hydrogens is 174 g/mol. The Bertz CT molecular complexity index is 316. The molecule has 1 fully saturated rings. The molecule has 0 aliphatic heterocycles. The van der Waals surface area contributed by atoms with Gasteiger partial charge in [-0.25, -0.2) is 0 Å². The van der Waals surface area contributed by atoms with Crippen molar-refractivity contribution in [3.05, 3.63) is 29.8 Å². The topological polar surface area (TPSA) is 46.2 Å². The van der Waals surface area contributed by atoms with Gasteiger partial charge in [0.1, 0.15) is 5.75 Å². The normalized spacial score (nSPS) is 20.6. The Labute approximate surface area is 84.7 Å². The summed E-state index contributed by atoms with van der Waals surface area (Å²) in [6.07, 6.45) is 5.77. The van der Waals surface area contributed by atoms with Crippen LogP contribution in [0.4, 0.5) is 0 Å². The standard InChI is InChI=1S/C12H17NO/c13-12(7-2-1-3-8-12)10-5-4-6-11(14)9-10/h4-6,9,14H,1-3,7-8,13H2. The highest BCUT2D eigenvalue weighted by Gasteiger charge is 2.29. The largest absolute Gasteiger partial charge is 0.508 e. The molecule has 76 valence electrons. The van der Waals surface area contributed by atoms with Gasteiger partial charge in [-0.2, -0.15) is 0 Å². The number of phenolic OH excluding ortho intramolecular Hbond substituents is 1. The highest BCUT2D eigenvalue weighted by atomic mass is 16.3. The summed E-state index contributed by atoms with van der Waals surface area (Å²) in [6.45, 7) is 0. The first-order valence-corrected chi connectivity index (χ1v) is 5.29. The predicted octanol–water partition coefficient (Wildman–Crippen LogP) is 2.51. The monoisotopic (exact) mass is 191 g/mol. The number of hydrogen-bond donors (Lipinski definition) is 2. The lowest BCUT2D eigenvalue weighted by Crippen LogP contribution is -2.38. The molecule has 1 aromatic rings. The summed E-state index contributed by atoms with van der Waals surface area (Å²) in [6, 6.07) is 7.37. The zero-order valence-electron chi connectivity index (χ0n) is 8.37. The van der Waals surface area contributed by atoms with Crippen LogP contribution in [-0.4, -0.2) is 5.11 Å². The fourth-order valence-corrected chi connectivity index (χ4v) is 2.29. The Balaban J connectivity index is 2.28. The molecule has 3 N–H and O–H groups in total. The van der Waals surface area contributed by atoms with E-state index in [1.54, 1.807) is 12.1 Å². The summed E-state index contributed by atoms with van der Waals surface area (Å²) in [5, 5.41) is 9.40. The molecule has 0 aromatic heterocycles. The molecule has 1 aliphatic carbocycles. The van der Waals surface area contributed by atoms with Crippen molar-refractivity contribution in [2.75, 3.05) is 0 Å². The average Bonchev–Trinajstić information content (AvgIpc) is 2.19. The Kier molecular flexibility index (Phi) is 2.46. The van der Waals surface area contributed by atoms with Crippen LogP contribution in [0, 0.1) is 0 Å². The molecule has 0 bridgehead atoms. The summed E-state index contributed by atoms with van der Waals surface area (Å²) < 4.78 is 0. The molecule has 1 aliphatic rings. The van der Waals surface area contributed by atoms with Gasteiger partial charge in [0, 0.05) is 5.54 Å². The van der Waals surface area contributed by atoms with E-state index in [0.717, 1.165) is 18.4 Å². The molecule has 0 amide bonds. The molecule has 0 spiro atoms. The first kappa shape index (κ1) is 9.53. The first-order valence-electron chi connectivity index (χ1n) is 5.29. The maximum absolute atomic E-state index is 9.40. The van der Waals surface area contributed by atoms with E-state index in [1.165, 1.54) is 19.3 Å². The number of phenols is 1. The van der Waals surface area contributed by atoms with Gasteiger partial charge in [0.2, 0.25) is 0 Å². The van der Waals surface area contributed by atoms with Crippen molar-refractivity contribution >= 4 is 0 Å². The van der Waals surface area contributed by atoms with Crippen LogP contribution in [-0.2, 0) is 5.54 Å². The molecule has 14 heavy (non-hydrogen) atoms. The lowest BCUT2D eigenvalue weighted by atomic mass is 9.77. The smallest absolute Gasteiger partial charge is 0.115 e. The second kappa shape index (κ2) is 3.62. The third kappa shape index (κ3) is 1.75. The molecule has 0 saturated heterocycles. The van der Waals surface area contributed by atoms with E-state index in [9.17, 15) is 5.11 Å². The fourth-order valence-electron chi connectivity index (χ4n) is 2.29. The first-order chi connectivity index (χ1) is 6.71. The minimum atomic E-state index is -0.197. The van der Waals surface area contributed by atoms with Gasteiger partial charge in [0.25, 0.3) is 0 Å². The van der Waals surface area contributed by atoms with Crippen molar-refractivity contribution in [1.82, 2.24) is 0 Å². The van der Waals surface area contributed by atoms with Crippen LogP contribution in [0.15, 0.2) is 24.3 Å². The number of benzene rings is 1. The van der Waals surface area contributed by atoms with E-state index in [-0.39, 0.29) is 5.54 Å². The van der Waals surface area contributed by atoms with E-state index in [4.69, 9.17) is 5.73 Å². The molecule has 0 unspecified atom stereocenters. The summed E-state index contributed by atoms with van der Waals surface area (Å²) in [4.78, 5) is 0. The molecule has 2 heteroatoms. The predicted molar refractivity (Wildman–Crippen MR) is 57.1 cm³/mol. The van der Waals surface area contributed by atoms with Gasteiger partial charge < -0.3 is 10.8 Å². The number of nitrogens with two attached hydrogens (primary N) is 1. The number of hydrogen-bond acceptors (Lipinski definition) is 2. The van der Waals surface area contributed by atoms with Gasteiger partial charge in [-0.15, -0.1) is 0 Å². The second-order valence-corrected chi connectivity index (χ2v) is 4.27. The molecule has 0 heterocycles. The third-order valence-electron chi connectivity index (χ3n) is 3.17. The van der Waals surface area contributed by atoms with Crippen LogP contribution in [0.3, 0.4) is 0 Å². The molecule has 1 saturated carbocycles. The van der Waals surface area contributed by atoms with Crippen LogP contribution in [0.25, 0.3) is 0 Å². The highest BCUT2D eigenvalue weighted by Crippen LogP contribution is 2.35. The van der Waals surface area contributed by atoms with Crippen LogP contribution >= 0.6 is 0 Å². The van der Waals surface area contributed by atoms with E-state index in [2.05, 4.69) is 0 Å². The maximum atomic E-state index is 9.40. The van der Waals surface area contributed by atoms with Gasteiger partial charge in [-0.1, -0.05) is 31.4 Å². The van der Waals surface area contributed by atoms with E-state index in [1.807, 2.05) is 12.1 Å². The zero-order chi connectivity index (χ0) is 10.0. The Morgan fingerprint density at radius 1 is 1.14 bits per heavy atom. The van der Waals surface area contributed by atoms with Crippen LogP contribution in [0.5, 0.6) is 5.75 Å².